The first-order valence-electron chi connectivity index (χ1n) is 10.2. The highest BCUT2D eigenvalue weighted by Gasteiger charge is 2.89. The lowest BCUT2D eigenvalue weighted by Gasteiger charge is -2.67. The van der Waals surface area contributed by atoms with Crippen LogP contribution in [0.5, 0.6) is 0 Å². The quantitative estimate of drug-likeness (QED) is 0.589. The summed E-state index contributed by atoms with van der Waals surface area (Å²) in [7, 11) is 3.56. The van der Waals surface area contributed by atoms with Crippen LogP contribution in [0.1, 0.15) is 25.3 Å². The number of nitrogens with zero attached hydrogens (tertiary/aromatic N) is 2. The maximum atomic E-state index is 13.7. The largest absolute Gasteiger partial charge is 0.468 e. The number of allylic oxidation sites excluding steroid dienone is 1. The molecule has 0 amide bonds. The molecule has 5 saturated heterocycles. The number of ether oxygens (including phenoxy) is 2. The average molecular weight is 382 g/mol. The number of hydrogen-bond acceptors (Lipinski definition) is 6. The second-order valence-corrected chi connectivity index (χ2v) is 8.87. The van der Waals surface area contributed by atoms with Crippen molar-refractivity contribution < 1.29 is 19.4 Å². The van der Waals surface area contributed by atoms with Gasteiger partial charge in [0.25, 0.3) is 0 Å². The zero-order valence-corrected chi connectivity index (χ0v) is 16.5. The number of esters is 1. The Morgan fingerprint density at radius 2 is 2.18 bits per heavy atom. The molecule has 1 saturated carbocycles. The normalized spacial score (nSPS) is 48.6. The molecule has 6 heteroatoms. The fourth-order valence-electron chi connectivity index (χ4n) is 8.01. The van der Waals surface area contributed by atoms with Crippen molar-refractivity contribution in [2.24, 2.45) is 11.3 Å². The van der Waals surface area contributed by atoms with Gasteiger partial charge in [-0.2, -0.15) is 0 Å². The minimum Gasteiger partial charge on any atom is -0.468 e. The molecule has 1 aliphatic carbocycles. The first-order valence-corrected chi connectivity index (χ1v) is 10.2. The number of carbonyl (C=O) groups is 1. The summed E-state index contributed by atoms with van der Waals surface area (Å²) in [4.78, 5) is 18.5. The molecule has 148 valence electrons. The third-order valence-electron chi connectivity index (χ3n) is 8.66. The standard InChI is InChI=1S/C22H26N2O4/c1-4-13-12-24-10-9-20-14-7-5-6-8-16(14)23(2)22(20,24)17-11-15(13)21(20,18(25)27-3)19(26)28-17/h4-8,15,17,19,26H,9-12H2,1-3H3/t15-,17+,19-,20-,21-,22-/m0/s1. The van der Waals surface area contributed by atoms with Crippen molar-refractivity contribution in [3.8, 4) is 0 Å². The predicted molar refractivity (Wildman–Crippen MR) is 103 cm³/mol. The molecule has 1 unspecified atom stereocenters. The SMILES string of the molecule is CC=C1CN2CC[C@@]34c5ccccc5N(C)[C@@]23[C@H]2C[C@@H]1[C@]4(C(=O)OC)[C@@H](O)O2. The van der Waals surface area contributed by atoms with Crippen LogP contribution in [0.4, 0.5) is 5.69 Å². The topological polar surface area (TPSA) is 62.2 Å². The zero-order chi connectivity index (χ0) is 19.5. The number of aliphatic hydroxyl groups excluding tert-OH is 1. The Morgan fingerprint density at radius 3 is 2.93 bits per heavy atom. The van der Waals surface area contributed by atoms with Gasteiger partial charge >= 0.3 is 5.97 Å². The number of rotatable bonds is 1. The van der Waals surface area contributed by atoms with E-state index in [0.29, 0.717) is 0 Å². The molecule has 1 aromatic carbocycles. The Hall–Kier alpha value is -1.89. The molecule has 6 heterocycles. The van der Waals surface area contributed by atoms with Crippen molar-refractivity contribution in [1.29, 1.82) is 0 Å². The zero-order valence-electron chi connectivity index (χ0n) is 16.5. The number of hydrogen-bond donors (Lipinski definition) is 1. The lowest BCUT2D eigenvalue weighted by molar-refractivity contribution is -0.331. The summed E-state index contributed by atoms with van der Waals surface area (Å²) < 4.78 is 11.7. The molecular formula is C22H26N2O4. The van der Waals surface area contributed by atoms with E-state index in [4.69, 9.17) is 9.47 Å². The van der Waals surface area contributed by atoms with Crippen molar-refractivity contribution in [3.05, 3.63) is 41.5 Å². The molecule has 28 heavy (non-hydrogen) atoms. The van der Waals surface area contributed by atoms with E-state index >= 15 is 0 Å². The van der Waals surface area contributed by atoms with Crippen LogP contribution in [0, 0.1) is 11.3 Å². The van der Waals surface area contributed by atoms with E-state index in [9.17, 15) is 9.90 Å². The van der Waals surface area contributed by atoms with Crippen LogP contribution in [0.3, 0.4) is 0 Å². The number of anilines is 1. The van der Waals surface area contributed by atoms with E-state index in [-0.39, 0.29) is 18.0 Å². The molecule has 6 aliphatic heterocycles. The van der Waals surface area contributed by atoms with E-state index in [1.54, 1.807) is 0 Å². The number of likely N-dealkylation sites (N-methyl/N-ethyl adjacent to an activating group) is 1. The molecule has 6 bridgehead atoms. The van der Waals surface area contributed by atoms with Gasteiger partial charge in [0.15, 0.2) is 6.29 Å². The van der Waals surface area contributed by atoms with Gasteiger partial charge in [-0.3, -0.25) is 9.69 Å². The van der Waals surface area contributed by atoms with Gasteiger partial charge in [-0.15, -0.1) is 0 Å². The highest BCUT2D eigenvalue weighted by molar-refractivity contribution is 5.87. The highest BCUT2D eigenvalue weighted by atomic mass is 16.6. The maximum Gasteiger partial charge on any atom is 0.318 e. The monoisotopic (exact) mass is 382 g/mol. The van der Waals surface area contributed by atoms with Crippen LogP contribution in [0.25, 0.3) is 0 Å². The van der Waals surface area contributed by atoms with Crippen LogP contribution in [0.15, 0.2) is 35.9 Å². The van der Waals surface area contributed by atoms with Gasteiger partial charge in [-0.25, -0.2) is 0 Å². The predicted octanol–water partition coefficient (Wildman–Crippen LogP) is 1.63. The minimum absolute atomic E-state index is 0.0864. The van der Waals surface area contributed by atoms with Gasteiger partial charge in [0, 0.05) is 31.7 Å². The molecule has 6 fully saturated rings. The summed E-state index contributed by atoms with van der Waals surface area (Å²) in [6.07, 6.45) is 2.33. The van der Waals surface area contributed by atoms with Crippen LogP contribution in [-0.4, -0.2) is 61.3 Å². The minimum atomic E-state index is -1.18. The Morgan fingerprint density at radius 1 is 1.39 bits per heavy atom. The fraction of sp³-hybridized carbons (Fsp3) is 0.591. The Bertz CT molecular complexity index is 931. The molecule has 0 radical (unpaired) electrons. The molecule has 0 aromatic heterocycles. The molecule has 1 N–H and O–H groups in total. The fourth-order valence-corrected chi connectivity index (χ4v) is 8.01. The molecule has 8 rings (SSSR count). The number of carbonyl (C=O) groups excluding carboxylic acids is 1. The Balaban J connectivity index is 1.80. The summed E-state index contributed by atoms with van der Waals surface area (Å²) in [5, 5.41) is 11.4. The van der Waals surface area contributed by atoms with Crippen LogP contribution >= 0.6 is 0 Å². The van der Waals surface area contributed by atoms with Crippen molar-refractivity contribution in [3.63, 3.8) is 0 Å². The summed E-state index contributed by atoms with van der Waals surface area (Å²) >= 11 is 0. The van der Waals surface area contributed by atoms with Crippen LogP contribution in [-0.2, 0) is 19.7 Å². The second kappa shape index (κ2) is 4.99. The van der Waals surface area contributed by atoms with Gasteiger partial charge < -0.3 is 19.5 Å². The summed E-state index contributed by atoms with van der Waals surface area (Å²) in [5.41, 5.74) is 1.31. The van der Waals surface area contributed by atoms with Gasteiger partial charge in [0.05, 0.1) is 18.6 Å². The number of fused-ring (bicyclic) bond motifs is 3. The Kier molecular flexibility index (Phi) is 3.03. The summed E-state index contributed by atoms with van der Waals surface area (Å²) in [5.74, 6) is -0.433. The second-order valence-electron chi connectivity index (χ2n) is 8.87. The first kappa shape index (κ1) is 17.0. The van der Waals surface area contributed by atoms with Crippen molar-refractivity contribution in [2.75, 3.05) is 32.1 Å². The molecule has 1 aromatic rings. The van der Waals surface area contributed by atoms with Gasteiger partial charge in [-0.1, -0.05) is 29.8 Å². The van der Waals surface area contributed by atoms with Crippen LogP contribution in [0.2, 0.25) is 0 Å². The number of aliphatic hydroxyl groups is 1. The summed E-state index contributed by atoms with van der Waals surface area (Å²) in [6, 6.07) is 8.37. The number of para-hydroxylation sites is 1. The number of methoxy groups -OCH3 is 1. The van der Waals surface area contributed by atoms with Crippen LogP contribution < -0.4 is 4.90 Å². The van der Waals surface area contributed by atoms with Gasteiger partial charge in [-0.05, 0) is 31.4 Å². The van der Waals surface area contributed by atoms with E-state index in [0.717, 1.165) is 37.2 Å². The van der Waals surface area contributed by atoms with E-state index in [2.05, 4.69) is 35.1 Å². The third-order valence-corrected chi connectivity index (χ3v) is 8.66. The van der Waals surface area contributed by atoms with Gasteiger partial charge in [0.2, 0.25) is 0 Å². The summed E-state index contributed by atoms with van der Waals surface area (Å²) in [6.45, 7) is 3.71. The van der Waals surface area contributed by atoms with E-state index in [1.165, 1.54) is 12.7 Å². The molecular weight excluding hydrogens is 356 g/mol. The lowest BCUT2D eigenvalue weighted by atomic mass is 9.43. The number of benzene rings is 1. The van der Waals surface area contributed by atoms with Gasteiger partial charge in [0.1, 0.15) is 11.1 Å². The molecule has 1 spiro atoms. The first-order chi connectivity index (χ1) is 13.5. The lowest BCUT2D eigenvalue weighted by Crippen LogP contribution is -2.83. The molecule has 7 atom stereocenters. The Labute approximate surface area is 164 Å². The van der Waals surface area contributed by atoms with Crippen molar-refractivity contribution in [2.45, 2.75) is 43.2 Å². The maximum absolute atomic E-state index is 13.7. The third kappa shape index (κ3) is 1.31. The van der Waals surface area contributed by atoms with E-state index in [1.807, 2.05) is 19.1 Å². The van der Waals surface area contributed by atoms with E-state index < -0.39 is 22.8 Å². The average Bonchev–Trinajstić information content (AvgIpc) is 3.11. The highest BCUT2D eigenvalue weighted by Crippen LogP contribution is 2.77. The van der Waals surface area contributed by atoms with Crippen molar-refractivity contribution >= 4 is 11.7 Å². The molecule has 6 nitrogen and oxygen atoms in total. The molecule has 7 aliphatic rings. The van der Waals surface area contributed by atoms with Crippen molar-refractivity contribution in [1.82, 2.24) is 4.90 Å². The smallest absolute Gasteiger partial charge is 0.318 e.